The van der Waals surface area contributed by atoms with Gasteiger partial charge in [0.2, 0.25) is 5.43 Å². The molecule has 1 amide bonds. The minimum Gasteiger partial charge on any atom is -0.491 e. The van der Waals surface area contributed by atoms with Crippen LogP contribution in [0.25, 0.3) is 0 Å². The van der Waals surface area contributed by atoms with E-state index in [2.05, 4.69) is 16.9 Å². The zero-order chi connectivity index (χ0) is 18.4. The number of carbonyl (C=O) groups excluding carboxylic acids is 1. The fraction of sp³-hybridized carbons (Fsp3) is 0.588. The molecule has 138 valence electrons. The predicted molar refractivity (Wildman–Crippen MR) is 92.0 cm³/mol. The molecule has 8 heteroatoms. The number of rotatable bonds is 2. The van der Waals surface area contributed by atoms with Crippen LogP contribution in [0, 0.1) is 5.92 Å². The van der Waals surface area contributed by atoms with Crippen molar-refractivity contribution in [3.8, 4) is 5.75 Å². The highest BCUT2D eigenvalue weighted by molar-refractivity contribution is 5.92. The van der Waals surface area contributed by atoms with Gasteiger partial charge in [0.25, 0.3) is 12.4 Å². The highest BCUT2D eigenvalue weighted by Gasteiger charge is 2.33. The lowest BCUT2D eigenvalue weighted by molar-refractivity contribution is -0.122. The third kappa shape index (κ3) is 4.60. The Balaban J connectivity index is 0.000000701. The van der Waals surface area contributed by atoms with Gasteiger partial charge in [0, 0.05) is 37.9 Å². The van der Waals surface area contributed by atoms with Crippen molar-refractivity contribution in [3.05, 3.63) is 28.2 Å². The quantitative estimate of drug-likeness (QED) is 0.758. The summed E-state index contributed by atoms with van der Waals surface area (Å²) < 4.78 is 4.94. The number of carboxylic acid groups (broad SMARTS) is 1. The maximum Gasteiger partial charge on any atom is 0.290 e. The summed E-state index contributed by atoms with van der Waals surface area (Å²) in [5.74, 6) is 0.655. The summed E-state index contributed by atoms with van der Waals surface area (Å²) in [7, 11) is 3.59. The molecule has 2 aliphatic rings. The number of likely N-dealkylation sites (tertiary alicyclic amines) is 1. The molecule has 2 aliphatic heterocycles. The van der Waals surface area contributed by atoms with Gasteiger partial charge in [-0.15, -0.1) is 0 Å². The normalized spacial score (nSPS) is 23.0. The molecule has 0 aromatic carbocycles. The Morgan fingerprint density at radius 3 is 2.72 bits per heavy atom. The van der Waals surface area contributed by atoms with Crippen molar-refractivity contribution in [2.24, 2.45) is 5.92 Å². The van der Waals surface area contributed by atoms with Gasteiger partial charge in [-0.3, -0.25) is 14.4 Å². The first-order valence-electron chi connectivity index (χ1n) is 8.34. The summed E-state index contributed by atoms with van der Waals surface area (Å²) >= 11 is 0. The topological polar surface area (TPSA) is 103 Å². The fourth-order valence-corrected chi connectivity index (χ4v) is 3.61. The number of ether oxygens (including phenoxy) is 1. The summed E-state index contributed by atoms with van der Waals surface area (Å²) in [5, 5.41) is 6.89. The molecular formula is C17H25N3O5. The molecule has 2 fully saturated rings. The largest absolute Gasteiger partial charge is 0.491 e. The lowest BCUT2D eigenvalue weighted by Gasteiger charge is -2.29. The van der Waals surface area contributed by atoms with E-state index in [1.807, 2.05) is 4.90 Å². The van der Waals surface area contributed by atoms with Crippen molar-refractivity contribution in [1.82, 2.24) is 14.8 Å². The van der Waals surface area contributed by atoms with Crippen LogP contribution in [0.5, 0.6) is 5.75 Å². The van der Waals surface area contributed by atoms with Crippen molar-refractivity contribution in [1.29, 1.82) is 0 Å². The molecule has 0 spiro atoms. The number of hydrogen-bond acceptors (Lipinski definition) is 5. The molecule has 3 heterocycles. The number of fused-ring (bicyclic) bond motifs is 3. The fourth-order valence-electron chi connectivity index (χ4n) is 3.61. The highest BCUT2D eigenvalue weighted by Crippen LogP contribution is 2.26. The van der Waals surface area contributed by atoms with Gasteiger partial charge < -0.3 is 24.6 Å². The number of amides is 1. The summed E-state index contributed by atoms with van der Waals surface area (Å²) in [5.41, 5.74) is 0.0742. The smallest absolute Gasteiger partial charge is 0.290 e. The first kappa shape index (κ1) is 19.0. The Bertz CT molecular complexity index is 660. The first-order valence-corrected chi connectivity index (χ1v) is 8.34. The van der Waals surface area contributed by atoms with Crippen LogP contribution >= 0.6 is 0 Å². The van der Waals surface area contributed by atoms with Crippen LogP contribution in [-0.2, 0) is 4.79 Å². The molecule has 1 aromatic heterocycles. The van der Waals surface area contributed by atoms with Gasteiger partial charge in [-0.05, 0) is 25.8 Å². The second-order valence-corrected chi connectivity index (χ2v) is 6.49. The molecule has 8 nitrogen and oxygen atoms in total. The number of likely N-dealkylation sites (N-methyl/N-ethyl adjacent to an activating group) is 1. The lowest BCUT2D eigenvalue weighted by Crippen LogP contribution is -2.42. The first-order chi connectivity index (χ1) is 12.0. The minimum atomic E-state index is -0.267. The maximum atomic E-state index is 12.7. The number of carbonyl (C=O) groups is 2. The molecule has 2 bridgehead atoms. The van der Waals surface area contributed by atoms with E-state index in [-0.39, 0.29) is 23.6 Å². The molecule has 2 atom stereocenters. The number of hydrogen-bond donors (Lipinski definition) is 2. The van der Waals surface area contributed by atoms with Crippen LogP contribution in [0.15, 0.2) is 17.1 Å². The van der Waals surface area contributed by atoms with Gasteiger partial charge in [-0.1, -0.05) is 6.42 Å². The zero-order valence-corrected chi connectivity index (χ0v) is 14.6. The predicted octanol–water partition coefficient (Wildman–Crippen LogP) is 0.641. The maximum absolute atomic E-state index is 12.7. The number of methoxy groups -OCH3 is 1. The number of pyridine rings is 1. The lowest BCUT2D eigenvalue weighted by atomic mass is 9.99. The molecule has 0 aliphatic carbocycles. The van der Waals surface area contributed by atoms with Crippen LogP contribution in [0.4, 0.5) is 0 Å². The molecule has 0 saturated carbocycles. The SMILES string of the molecule is COc1c[nH]c(C(=O)N2C[C@H]3CCC[C@@H](C2)N(C)C3)cc1=O.O=CO. The molecular weight excluding hydrogens is 326 g/mol. The summed E-state index contributed by atoms with van der Waals surface area (Å²) in [4.78, 5) is 40.1. The highest BCUT2D eigenvalue weighted by atomic mass is 16.5. The van der Waals surface area contributed by atoms with E-state index in [9.17, 15) is 9.59 Å². The number of nitrogens with zero attached hydrogens (tertiary/aromatic N) is 2. The third-order valence-electron chi connectivity index (χ3n) is 4.84. The van der Waals surface area contributed by atoms with Gasteiger partial charge in [-0.25, -0.2) is 0 Å². The van der Waals surface area contributed by atoms with E-state index >= 15 is 0 Å². The van der Waals surface area contributed by atoms with Crippen LogP contribution in [-0.4, -0.2) is 72.1 Å². The van der Waals surface area contributed by atoms with E-state index in [0.29, 0.717) is 17.7 Å². The number of aromatic nitrogens is 1. The van der Waals surface area contributed by atoms with Gasteiger partial charge in [0.05, 0.1) is 7.11 Å². The summed E-state index contributed by atoms with van der Waals surface area (Å²) in [6.07, 6.45) is 5.00. The molecule has 2 saturated heterocycles. The van der Waals surface area contributed by atoms with Crippen molar-refractivity contribution in [2.45, 2.75) is 25.3 Å². The molecule has 2 N–H and O–H groups in total. The Hall–Kier alpha value is -2.35. The second kappa shape index (κ2) is 8.66. The zero-order valence-electron chi connectivity index (χ0n) is 14.6. The number of aromatic amines is 1. The monoisotopic (exact) mass is 351 g/mol. The van der Waals surface area contributed by atoms with Gasteiger partial charge in [0.1, 0.15) is 5.69 Å². The van der Waals surface area contributed by atoms with E-state index in [4.69, 9.17) is 14.6 Å². The number of H-pyrrole nitrogens is 1. The van der Waals surface area contributed by atoms with E-state index in [0.717, 1.165) is 26.1 Å². The van der Waals surface area contributed by atoms with Crippen LogP contribution in [0.2, 0.25) is 0 Å². The Labute approximate surface area is 146 Å². The van der Waals surface area contributed by atoms with E-state index in [1.54, 1.807) is 0 Å². The third-order valence-corrected chi connectivity index (χ3v) is 4.84. The Morgan fingerprint density at radius 2 is 2.08 bits per heavy atom. The van der Waals surface area contributed by atoms with Crippen LogP contribution < -0.4 is 10.2 Å². The minimum absolute atomic E-state index is 0.0908. The Kier molecular flexibility index (Phi) is 6.58. The van der Waals surface area contributed by atoms with E-state index in [1.165, 1.54) is 32.2 Å². The number of nitrogens with one attached hydrogen (secondary N) is 1. The van der Waals surface area contributed by atoms with Crippen molar-refractivity contribution < 1.29 is 19.4 Å². The Morgan fingerprint density at radius 1 is 1.36 bits per heavy atom. The van der Waals surface area contributed by atoms with Gasteiger partial charge in [0.15, 0.2) is 5.75 Å². The second-order valence-electron chi connectivity index (χ2n) is 6.49. The van der Waals surface area contributed by atoms with Crippen molar-refractivity contribution >= 4 is 12.4 Å². The average Bonchev–Trinajstić information content (AvgIpc) is 2.83. The van der Waals surface area contributed by atoms with Crippen molar-refractivity contribution in [3.63, 3.8) is 0 Å². The van der Waals surface area contributed by atoms with Gasteiger partial charge >= 0.3 is 0 Å². The molecule has 0 unspecified atom stereocenters. The van der Waals surface area contributed by atoms with E-state index < -0.39 is 0 Å². The summed E-state index contributed by atoms with van der Waals surface area (Å²) in [6, 6.07) is 1.76. The van der Waals surface area contributed by atoms with Gasteiger partial charge in [-0.2, -0.15) is 0 Å². The molecule has 0 radical (unpaired) electrons. The van der Waals surface area contributed by atoms with Crippen molar-refractivity contribution in [2.75, 3.05) is 33.8 Å². The summed E-state index contributed by atoms with van der Waals surface area (Å²) in [6.45, 7) is 2.31. The molecule has 25 heavy (non-hydrogen) atoms. The molecule has 1 aromatic rings. The van der Waals surface area contributed by atoms with Crippen LogP contribution in [0.3, 0.4) is 0 Å². The molecule has 3 rings (SSSR count). The van der Waals surface area contributed by atoms with Crippen LogP contribution in [0.1, 0.15) is 29.8 Å². The average molecular weight is 351 g/mol. The standard InChI is InChI=1S/C16H23N3O3.CH2O2/c1-18-8-11-4-3-5-12(18)10-19(9-11)16(21)13-6-14(20)15(22-2)7-17-13;2-1-3/h6-7,11-12H,3-5,8-10H2,1-2H3,(H,17,20);1H,(H,2,3)/t11-,12-;/m0./s1.